The highest BCUT2D eigenvalue weighted by molar-refractivity contribution is 6.13. The number of nitrogens with zero attached hydrogens (tertiary/aromatic N) is 4. The minimum Gasteiger partial charge on any atom is -0.465 e. The highest BCUT2D eigenvalue weighted by atomic mass is 16.5. The highest BCUT2D eigenvalue weighted by Gasteiger charge is 2.40. The molecule has 1 saturated heterocycles. The fraction of sp³-hybridized carbons (Fsp3) is 0.394. The largest absolute Gasteiger partial charge is 0.465 e. The Morgan fingerprint density at radius 1 is 0.854 bits per heavy atom. The van der Waals surface area contributed by atoms with Gasteiger partial charge in [0.15, 0.2) is 0 Å². The van der Waals surface area contributed by atoms with Gasteiger partial charge >= 0.3 is 12.0 Å². The first-order chi connectivity index (χ1) is 20.0. The molecule has 0 radical (unpaired) electrons. The van der Waals surface area contributed by atoms with Crippen molar-refractivity contribution in [2.75, 3.05) is 13.7 Å². The van der Waals surface area contributed by atoms with Crippen LogP contribution in [0, 0.1) is 0 Å². The summed E-state index contributed by atoms with van der Waals surface area (Å²) in [4.78, 5) is 46.8. The van der Waals surface area contributed by atoms with Crippen LogP contribution in [-0.2, 0) is 29.0 Å². The molecule has 41 heavy (non-hydrogen) atoms. The highest BCUT2D eigenvalue weighted by Crippen LogP contribution is 2.27. The summed E-state index contributed by atoms with van der Waals surface area (Å²) < 4.78 is 6.92. The molecule has 8 heteroatoms. The van der Waals surface area contributed by atoms with Crippen LogP contribution in [0.4, 0.5) is 4.79 Å². The van der Waals surface area contributed by atoms with Crippen LogP contribution in [-0.4, -0.2) is 50.9 Å². The van der Waals surface area contributed by atoms with Crippen molar-refractivity contribution in [3.8, 4) is 0 Å². The molecule has 0 unspecified atom stereocenters. The lowest BCUT2D eigenvalue weighted by Crippen LogP contribution is -2.33. The Kier molecular flexibility index (Phi) is 10.5. The Labute approximate surface area is 242 Å². The Balaban J connectivity index is 1.68. The molecule has 0 N–H and O–H groups in total. The van der Waals surface area contributed by atoms with Crippen molar-refractivity contribution >= 4 is 24.0 Å². The van der Waals surface area contributed by atoms with Crippen molar-refractivity contribution < 1.29 is 19.1 Å². The fourth-order valence-corrected chi connectivity index (χ4v) is 4.99. The van der Waals surface area contributed by atoms with Crippen LogP contribution < -0.4 is 0 Å². The van der Waals surface area contributed by atoms with Crippen molar-refractivity contribution in [1.29, 1.82) is 0 Å². The number of methoxy groups -OCH3 is 1. The number of unbranched alkanes of at least 4 members (excludes halogenated alkanes) is 4. The lowest BCUT2D eigenvalue weighted by atomic mass is 10.1. The van der Waals surface area contributed by atoms with E-state index in [2.05, 4.69) is 18.4 Å². The van der Waals surface area contributed by atoms with Gasteiger partial charge in [-0.15, -0.1) is 0 Å². The molecule has 1 aromatic heterocycles. The SMILES string of the molecule is CCCCCCN1C(=O)C(=Cc2cnc(CCCC)n2Cc2ccc(C(=O)OC)cc2)N(Cc2ccccc2)C1=O. The number of hydrogen-bond acceptors (Lipinski definition) is 5. The quantitative estimate of drug-likeness (QED) is 0.0987. The van der Waals surface area contributed by atoms with Gasteiger partial charge in [0.05, 0.1) is 31.1 Å². The first-order valence-electron chi connectivity index (χ1n) is 14.6. The van der Waals surface area contributed by atoms with E-state index in [-0.39, 0.29) is 17.9 Å². The van der Waals surface area contributed by atoms with E-state index >= 15 is 0 Å². The van der Waals surface area contributed by atoms with Gasteiger partial charge in [0.1, 0.15) is 11.5 Å². The van der Waals surface area contributed by atoms with Crippen LogP contribution in [0.3, 0.4) is 0 Å². The summed E-state index contributed by atoms with van der Waals surface area (Å²) in [6, 6.07) is 16.7. The van der Waals surface area contributed by atoms with Gasteiger partial charge in [-0.3, -0.25) is 14.6 Å². The second kappa shape index (κ2) is 14.4. The lowest BCUT2D eigenvalue weighted by Gasteiger charge is -2.18. The maximum atomic E-state index is 13.7. The normalized spacial score (nSPS) is 14.4. The van der Waals surface area contributed by atoms with E-state index in [4.69, 9.17) is 9.72 Å². The van der Waals surface area contributed by atoms with E-state index in [0.29, 0.717) is 30.9 Å². The van der Waals surface area contributed by atoms with Gasteiger partial charge in [0.2, 0.25) is 0 Å². The molecule has 3 amide bonds. The second-order valence-electron chi connectivity index (χ2n) is 10.4. The lowest BCUT2D eigenvalue weighted by molar-refractivity contribution is -0.123. The van der Waals surface area contributed by atoms with Gasteiger partial charge < -0.3 is 9.30 Å². The van der Waals surface area contributed by atoms with Crippen molar-refractivity contribution in [1.82, 2.24) is 19.4 Å². The number of esters is 1. The molecule has 0 saturated carbocycles. The van der Waals surface area contributed by atoms with Gasteiger partial charge in [-0.1, -0.05) is 82.0 Å². The number of aromatic nitrogens is 2. The van der Waals surface area contributed by atoms with E-state index in [0.717, 1.165) is 67.6 Å². The van der Waals surface area contributed by atoms with Gasteiger partial charge in [0.25, 0.3) is 5.91 Å². The van der Waals surface area contributed by atoms with E-state index in [1.807, 2.05) is 42.5 Å². The Bertz CT molecular complexity index is 1360. The van der Waals surface area contributed by atoms with Crippen LogP contribution in [0.1, 0.15) is 85.4 Å². The molecule has 2 aromatic carbocycles. The van der Waals surface area contributed by atoms with E-state index in [1.165, 1.54) is 12.0 Å². The number of amides is 3. The minimum absolute atomic E-state index is 0.271. The molecular weight excluding hydrogens is 516 g/mol. The molecule has 0 bridgehead atoms. The number of imidazole rings is 1. The van der Waals surface area contributed by atoms with Gasteiger partial charge in [0, 0.05) is 19.5 Å². The molecule has 0 spiro atoms. The van der Waals surface area contributed by atoms with Crippen LogP contribution >= 0.6 is 0 Å². The predicted octanol–water partition coefficient (Wildman–Crippen LogP) is 6.45. The number of rotatable bonds is 14. The van der Waals surface area contributed by atoms with E-state index in [9.17, 15) is 14.4 Å². The zero-order valence-corrected chi connectivity index (χ0v) is 24.3. The second-order valence-corrected chi connectivity index (χ2v) is 10.4. The van der Waals surface area contributed by atoms with Gasteiger partial charge in [-0.2, -0.15) is 0 Å². The average Bonchev–Trinajstić information content (AvgIpc) is 3.47. The maximum Gasteiger partial charge on any atom is 0.337 e. The van der Waals surface area contributed by atoms with Crippen molar-refractivity contribution in [2.24, 2.45) is 0 Å². The number of hydrogen-bond donors (Lipinski definition) is 0. The molecule has 0 aliphatic carbocycles. The van der Waals surface area contributed by atoms with Crippen LogP contribution in [0.25, 0.3) is 6.08 Å². The molecule has 4 rings (SSSR count). The first-order valence-corrected chi connectivity index (χ1v) is 14.6. The third-order valence-corrected chi connectivity index (χ3v) is 7.36. The average molecular weight is 557 g/mol. The molecule has 1 aliphatic heterocycles. The smallest absolute Gasteiger partial charge is 0.337 e. The predicted molar refractivity (Wildman–Crippen MR) is 159 cm³/mol. The fourth-order valence-electron chi connectivity index (χ4n) is 4.99. The number of carbonyl (C=O) groups excluding carboxylic acids is 3. The summed E-state index contributed by atoms with van der Waals surface area (Å²) >= 11 is 0. The topological polar surface area (TPSA) is 84.7 Å². The number of carbonyl (C=O) groups is 3. The first kappa shape index (κ1) is 29.8. The summed E-state index contributed by atoms with van der Waals surface area (Å²) in [6.45, 7) is 5.52. The summed E-state index contributed by atoms with van der Waals surface area (Å²) in [5.41, 5.74) is 3.55. The van der Waals surface area contributed by atoms with Crippen molar-refractivity contribution in [3.05, 3.63) is 94.7 Å². The number of ether oxygens (including phenoxy) is 1. The third kappa shape index (κ3) is 7.31. The number of benzene rings is 2. The van der Waals surface area contributed by atoms with E-state index < -0.39 is 0 Å². The molecule has 8 nitrogen and oxygen atoms in total. The minimum atomic E-state index is -0.379. The van der Waals surface area contributed by atoms with E-state index in [1.54, 1.807) is 29.3 Å². The van der Waals surface area contributed by atoms with Gasteiger partial charge in [-0.05, 0) is 42.2 Å². The molecule has 0 atom stereocenters. The molecule has 1 fully saturated rings. The number of urea groups is 1. The zero-order valence-electron chi connectivity index (χ0n) is 24.3. The summed E-state index contributed by atoms with van der Waals surface area (Å²) in [5, 5.41) is 0. The van der Waals surface area contributed by atoms with Crippen LogP contribution in [0.2, 0.25) is 0 Å². The Morgan fingerprint density at radius 2 is 1.56 bits per heavy atom. The molecule has 3 aromatic rings. The van der Waals surface area contributed by atoms with Crippen LogP contribution in [0.5, 0.6) is 0 Å². The Morgan fingerprint density at radius 3 is 2.24 bits per heavy atom. The maximum absolute atomic E-state index is 13.7. The third-order valence-electron chi connectivity index (χ3n) is 7.36. The Hall–Kier alpha value is -4.20. The monoisotopic (exact) mass is 556 g/mol. The van der Waals surface area contributed by atoms with Crippen molar-refractivity contribution in [3.63, 3.8) is 0 Å². The van der Waals surface area contributed by atoms with Crippen molar-refractivity contribution in [2.45, 2.75) is 71.9 Å². The molecule has 2 heterocycles. The summed E-state index contributed by atoms with van der Waals surface area (Å²) in [5.74, 6) is 0.265. The summed E-state index contributed by atoms with van der Waals surface area (Å²) in [7, 11) is 1.37. The van der Waals surface area contributed by atoms with Gasteiger partial charge in [-0.25, -0.2) is 14.6 Å². The number of aryl methyl sites for hydroxylation is 1. The van der Waals surface area contributed by atoms with Crippen LogP contribution in [0.15, 0.2) is 66.5 Å². The molecule has 216 valence electrons. The zero-order chi connectivity index (χ0) is 29.2. The summed E-state index contributed by atoms with van der Waals surface area (Å²) in [6.07, 6.45) is 10.3. The molecular formula is C33H40N4O4. The number of imide groups is 1. The standard InChI is InChI=1S/C33H40N4O4/c1-4-6-8-12-20-35-31(38)29(37(33(35)40)24-25-13-10-9-11-14-25)21-28-22-34-30(15-7-5-2)36(28)23-26-16-18-27(19-17-26)32(39)41-3/h9-11,13-14,16-19,21-22H,4-8,12,15,20,23-24H2,1-3H3. The molecule has 1 aliphatic rings.